The van der Waals surface area contributed by atoms with Gasteiger partial charge in [0, 0.05) is 0 Å². The number of rotatable bonds is 0. The normalized spacial score (nSPS) is 54.0. The van der Waals surface area contributed by atoms with Gasteiger partial charge < -0.3 is 0 Å². The van der Waals surface area contributed by atoms with Gasteiger partial charge in [0.15, 0.2) is 0 Å². The predicted molar refractivity (Wildman–Crippen MR) is 52.9 cm³/mol. The molecule has 4 aliphatic rings. The molecule has 4 fully saturated rings. The zero-order valence-electron chi connectivity index (χ0n) is 6.35. The molecule has 0 aromatic heterocycles. The number of halogens is 1. The van der Waals surface area contributed by atoms with Crippen LogP contribution in [0.25, 0.3) is 0 Å². The minimum absolute atomic E-state index is 0.246. The van der Waals surface area contributed by atoms with Crippen LogP contribution in [0.15, 0.2) is 0 Å². The van der Waals surface area contributed by atoms with E-state index in [-0.39, 0.29) is 19.8 Å². The van der Waals surface area contributed by atoms with Crippen molar-refractivity contribution in [1.29, 1.82) is 0 Å². The Bertz CT molecular complexity index is 96.3. The van der Waals surface area contributed by atoms with E-state index in [0.717, 1.165) is 0 Å². The van der Waals surface area contributed by atoms with Crippen molar-refractivity contribution in [1.82, 2.24) is 0 Å². The molecule has 4 rings (SSSR count). The van der Waals surface area contributed by atoms with E-state index in [1.807, 2.05) is 0 Å². The van der Waals surface area contributed by atoms with E-state index in [1.165, 1.54) is 17.8 Å². The van der Waals surface area contributed by atoms with Gasteiger partial charge in [0.05, 0.1) is 0 Å². The van der Waals surface area contributed by atoms with Crippen LogP contribution in [-0.4, -0.2) is 13.3 Å². The molecule has 0 aromatic carbocycles. The van der Waals surface area contributed by atoms with Crippen molar-refractivity contribution in [3.63, 3.8) is 0 Å². The van der Waals surface area contributed by atoms with E-state index in [0.29, 0.717) is 0 Å². The molecule has 58 valence electrons. The van der Waals surface area contributed by atoms with Crippen LogP contribution in [-0.2, 0) is 0 Å². The van der Waals surface area contributed by atoms with Crippen LogP contribution in [0.2, 0.25) is 0 Å². The van der Waals surface area contributed by atoms with Crippen LogP contribution < -0.4 is 0 Å². The standard InChI is InChI=1S/C9H15I/c1-7-2-9-3-8(1)5-10(4-7)6-9/h7-9H,1-6H2. The Labute approximate surface area is 70.2 Å². The third kappa shape index (κ3) is 0.853. The maximum absolute atomic E-state index is 1.76. The van der Waals surface area contributed by atoms with Gasteiger partial charge in [-0.3, -0.25) is 0 Å². The molecule has 0 amide bonds. The van der Waals surface area contributed by atoms with Crippen molar-refractivity contribution in [2.24, 2.45) is 17.8 Å². The number of hydrogen-bond donors (Lipinski definition) is 0. The first-order valence-electron chi connectivity index (χ1n) is 4.48. The predicted octanol–water partition coefficient (Wildman–Crippen LogP) is 2.55. The molecule has 3 heterocycles. The third-order valence-corrected chi connectivity index (χ3v) is 10.8. The fraction of sp³-hybridized carbons (Fsp3) is 1.00. The molecule has 1 saturated carbocycles. The van der Waals surface area contributed by atoms with Crippen LogP contribution in [0.3, 0.4) is 0 Å². The summed E-state index contributed by atoms with van der Waals surface area (Å²) >= 11 is -0.246. The van der Waals surface area contributed by atoms with E-state index in [9.17, 15) is 0 Å². The van der Waals surface area contributed by atoms with Gasteiger partial charge in [0.25, 0.3) is 0 Å². The van der Waals surface area contributed by atoms with Crippen LogP contribution in [0.4, 0.5) is 0 Å². The van der Waals surface area contributed by atoms with Crippen molar-refractivity contribution >= 4 is 19.8 Å². The zero-order valence-corrected chi connectivity index (χ0v) is 8.51. The summed E-state index contributed by atoms with van der Waals surface area (Å²) in [5.74, 6) is 3.74. The summed E-state index contributed by atoms with van der Waals surface area (Å²) in [6, 6.07) is 0. The first-order chi connectivity index (χ1) is 4.90. The van der Waals surface area contributed by atoms with Crippen molar-refractivity contribution < 1.29 is 0 Å². The molecule has 10 heavy (non-hydrogen) atoms. The Morgan fingerprint density at radius 3 is 1.40 bits per heavy atom. The Hall–Kier alpha value is 0.730. The Balaban J connectivity index is 1.90. The summed E-state index contributed by atoms with van der Waals surface area (Å²) in [5, 5.41) is 0. The third-order valence-electron chi connectivity index (χ3n) is 3.31. The van der Waals surface area contributed by atoms with Crippen LogP contribution in [0.5, 0.6) is 0 Å². The topological polar surface area (TPSA) is 0 Å². The molecule has 0 N–H and O–H groups in total. The first-order valence-corrected chi connectivity index (χ1v) is 9.05. The van der Waals surface area contributed by atoms with Gasteiger partial charge in [-0.05, 0) is 0 Å². The summed E-state index contributed by atoms with van der Waals surface area (Å²) in [5.41, 5.74) is 0. The van der Waals surface area contributed by atoms with Gasteiger partial charge in [-0.15, -0.1) is 0 Å². The molecule has 0 aromatic rings. The Kier molecular flexibility index (Phi) is 1.33. The van der Waals surface area contributed by atoms with Gasteiger partial charge in [-0.25, -0.2) is 0 Å². The monoisotopic (exact) mass is 250 g/mol. The molecule has 0 atom stereocenters. The molecule has 0 nitrogen and oxygen atoms in total. The molecule has 0 unspecified atom stereocenters. The Morgan fingerprint density at radius 2 is 1.10 bits per heavy atom. The molecule has 1 aliphatic carbocycles. The van der Waals surface area contributed by atoms with Gasteiger partial charge in [0.1, 0.15) is 0 Å². The van der Waals surface area contributed by atoms with Crippen molar-refractivity contribution in [3.05, 3.63) is 0 Å². The first kappa shape index (κ1) is 6.27. The molecular weight excluding hydrogens is 235 g/mol. The molecule has 0 radical (unpaired) electrons. The van der Waals surface area contributed by atoms with Crippen molar-refractivity contribution in [2.75, 3.05) is 13.3 Å². The van der Waals surface area contributed by atoms with Crippen LogP contribution in [0.1, 0.15) is 19.3 Å². The zero-order chi connectivity index (χ0) is 6.55. The van der Waals surface area contributed by atoms with Gasteiger partial charge in [-0.1, -0.05) is 0 Å². The average molecular weight is 250 g/mol. The molecule has 3 aliphatic heterocycles. The van der Waals surface area contributed by atoms with Crippen molar-refractivity contribution in [3.8, 4) is 0 Å². The SMILES string of the molecule is C1C2CC3CC1CI(C2)C3. The summed E-state index contributed by atoms with van der Waals surface area (Å²) in [7, 11) is 0. The number of alkyl halides is 3. The van der Waals surface area contributed by atoms with Gasteiger partial charge in [-0.2, -0.15) is 0 Å². The number of hydrogen-bond acceptors (Lipinski definition) is 0. The van der Waals surface area contributed by atoms with Crippen LogP contribution in [0, 0.1) is 17.8 Å². The maximum atomic E-state index is 1.76. The Morgan fingerprint density at radius 1 is 0.700 bits per heavy atom. The van der Waals surface area contributed by atoms with E-state index in [4.69, 9.17) is 0 Å². The minimum atomic E-state index is -0.246. The second kappa shape index (κ2) is 2.11. The second-order valence-electron chi connectivity index (χ2n) is 4.34. The molecule has 4 bridgehead atoms. The van der Waals surface area contributed by atoms with E-state index in [1.54, 1.807) is 32.5 Å². The molecule has 1 heteroatoms. The fourth-order valence-electron chi connectivity index (χ4n) is 3.20. The summed E-state index contributed by atoms with van der Waals surface area (Å²) < 4.78 is 5.28. The fourth-order valence-corrected chi connectivity index (χ4v) is 11.7. The second-order valence-corrected chi connectivity index (χ2v) is 10.2. The summed E-state index contributed by atoms with van der Waals surface area (Å²) in [4.78, 5) is 0. The van der Waals surface area contributed by atoms with Gasteiger partial charge >= 0.3 is 70.1 Å². The van der Waals surface area contributed by atoms with E-state index in [2.05, 4.69) is 0 Å². The quantitative estimate of drug-likeness (QED) is 0.458. The molecule has 0 spiro atoms. The average Bonchev–Trinajstić information content (AvgIpc) is 1.82. The molecular formula is C9H15I. The van der Waals surface area contributed by atoms with Gasteiger partial charge in [0.2, 0.25) is 0 Å². The summed E-state index contributed by atoms with van der Waals surface area (Å²) in [6.45, 7) is 0. The molecule has 3 saturated heterocycles. The van der Waals surface area contributed by atoms with E-state index < -0.39 is 0 Å². The van der Waals surface area contributed by atoms with Crippen LogP contribution >= 0.6 is 19.8 Å². The van der Waals surface area contributed by atoms with Crippen molar-refractivity contribution in [2.45, 2.75) is 19.3 Å². The van der Waals surface area contributed by atoms with E-state index >= 15 is 0 Å². The summed E-state index contributed by atoms with van der Waals surface area (Å²) in [6.07, 6.45) is 4.93.